The lowest BCUT2D eigenvalue weighted by Gasteiger charge is -2.11. The van der Waals surface area contributed by atoms with E-state index in [-0.39, 0.29) is 17.3 Å². The predicted octanol–water partition coefficient (Wildman–Crippen LogP) is 6.00. The fourth-order valence-electron chi connectivity index (χ4n) is 3.70. The molecule has 0 N–H and O–H groups in total. The lowest BCUT2D eigenvalue weighted by Crippen LogP contribution is -2.16. The molecule has 5 rings (SSSR count). The Hall–Kier alpha value is -4.32. The Kier molecular flexibility index (Phi) is 5.18. The molecule has 6 heteroatoms. The van der Waals surface area contributed by atoms with Crippen molar-refractivity contribution in [2.75, 3.05) is 7.11 Å². The summed E-state index contributed by atoms with van der Waals surface area (Å²) in [6.07, 6.45) is 0.754. The Morgan fingerprint density at radius 2 is 1.70 bits per heavy atom. The maximum atomic E-state index is 13.5. The SMILES string of the molecule is CCc1ccc2oc(-c3ccc(OC)cc3)c(OC(=O)c3cc4ccccc4o3)c(=O)c2c1. The highest BCUT2D eigenvalue weighted by Crippen LogP contribution is 2.33. The molecule has 5 aromatic rings. The van der Waals surface area contributed by atoms with E-state index >= 15 is 0 Å². The summed E-state index contributed by atoms with van der Waals surface area (Å²) in [5, 5.41) is 1.11. The molecule has 3 aromatic carbocycles. The maximum Gasteiger partial charge on any atom is 0.379 e. The van der Waals surface area contributed by atoms with Crippen molar-refractivity contribution in [2.24, 2.45) is 0 Å². The summed E-state index contributed by atoms with van der Waals surface area (Å²) in [5.74, 6) is -0.163. The third-order valence-electron chi connectivity index (χ3n) is 5.49. The lowest BCUT2D eigenvalue weighted by atomic mass is 10.1. The Morgan fingerprint density at radius 1 is 0.909 bits per heavy atom. The fourth-order valence-corrected chi connectivity index (χ4v) is 3.70. The van der Waals surface area contributed by atoms with Gasteiger partial charge >= 0.3 is 5.97 Å². The number of furan rings is 1. The van der Waals surface area contributed by atoms with E-state index in [9.17, 15) is 9.59 Å². The Labute approximate surface area is 189 Å². The number of ether oxygens (including phenoxy) is 2. The van der Waals surface area contributed by atoms with Crippen molar-refractivity contribution in [2.45, 2.75) is 13.3 Å². The molecule has 0 fully saturated rings. The molecule has 0 radical (unpaired) electrons. The number of rotatable bonds is 5. The topological polar surface area (TPSA) is 78.9 Å². The van der Waals surface area contributed by atoms with Crippen molar-refractivity contribution in [1.29, 1.82) is 0 Å². The Balaban J connectivity index is 1.66. The average Bonchev–Trinajstić information content (AvgIpc) is 3.30. The predicted molar refractivity (Wildman–Crippen MR) is 125 cm³/mol. The van der Waals surface area contributed by atoms with Gasteiger partial charge in [0.25, 0.3) is 0 Å². The van der Waals surface area contributed by atoms with E-state index in [0.717, 1.165) is 17.4 Å². The van der Waals surface area contributed by atoms with Crippen LogP contribution in [-0.4, -0.2) is 13.1 Å². The van der Waals surface area contributed by atoms with Crippen LogP contribution in [0.2, 0.25) is 0 Å². The van der Waals surface area contributed by atoms with Crippen molar-refractivity contribution in [3.8, 4) is 22.8 Å². The van der Waals surface area contributed by atoms with Crippen LogP contribution in [0, 0.1) is 0 Å². The number of para-hydroxylation sites is 1. The first-order valence-electron chi connectivity index (χ1n) is 10.5. The van der Waals surface area contributed by atoms with Crippen LogP contribution in [0.1, 0.15) is 23.0 Å². The Morgan fingerprint density at radius 3 is 2.42 bits per heavy atom. The smallest absolute Gasteiger partial charge is 0.379 e. The van der Waals surface area contributed by atoms with Gasteiger partial charge in [0.15, 0.2) is 5.76 Å². The number of carbonyl (C=O) groups excluding carboxylic acids is 1. The van der Waals surface area contributed by atoms with Crippen LogP contribution in [0.4, 0.5) is 0 Å². The molecule has 0 aliphatic heterocycles. The van der Waals surface area contributed by atoms with Crippen molar-refractivity contribution in [3.05, 3.63) is 94.3 Å². The third-order valence-corrected chi connectivity index (χ3v) is 5.49. The van der Waals surface area contributed by atoms with Gasteiger partial charge < -0.3 is 18.3 Å². The normalized spacial score (nSPS) is 11.1. The van der Waals surface area contributed by atoms with Gasteiger partial charge in [0.1, 0.15) is 16.9 Å². The summed E-state index contributed by atoms with van der Waals surface area (Å²) in [4.78, 5) is 26.4. The maximum absolute atomic E-state index is 13.5. The molecule has 0 bridgehead atoms. The van der Waals surface area contributed by atoms with Gasteiger partial charge in [0, 0.05) is 10.9 Å². The number of esters is 1. The number of benzene rings is 3. The first kappa shape index (κ1) is 20.6. The Bertz CT molecular complexity index is 1510. The van der Waals surface area contributed by atoms with Crippen LogP contribution < -0.4 is 14.9 Å². The van der Waals surface area contributed by atoms with Gasteiger partial charge in [0.05, 0.1) is 12.5 Å². The van der Waals surface area contributed by atoms with Gasteiger partial charge in [-0.25, -0.2) is 4.79 Å². The van der Waals surface area contributed by atoms with Gasteiger partial charge in [-0.05, 0) is 60.5 Å². The molecule has 0 amide bonds. The molecule has 0 saturated heterocycles. The van der Waals surface area contributed by atoms with Gasteiger partial charge in [-0.1, -0.05) is 31.2 Å². The summed E-state index contributed by atoms with van der Waals surface area (Å²) in [6.45, 7) is 2.00. The number of hydrogen-bond donors (Lipinski definition) is 0. The van der Waals surface area contributed by atoms with Gasteiger partial charge in [-0.15, -0.1) is 0 Å². The molecule has 0 spiro atoms. The number of aryl methyl sites for hydroxylation is 1. The van der Waals surface area contributed by atoms with Crippen LogP contribution in [0.3, 0.4) is 0 Å². The molecule has 2 aromatic heterocycles. The van der Waals surface area contributed by atoms with E-state index in [2.05, 4.69) is 0 Å². The molecule has 0 aliphatic rings. The minimum Gasteiger partial charge on any atom is -0.497 e. The molecule has 0 aliphatic carbocycles. The highest BCUT2D eigenvalue weighted by atomic mass is 16.6. The second kappa shape index (κ2) is 8.31. The van der Waals surface area contributed by atoms with Crippen LogP contribution in [-0.2, 0) is 6.42 Å². The molecule has 164 valence electrons. The lowest BCUT2D eigenvalue weighted by molar-refractivity contribution is 0.0700. The summed E-state index contributed by atoms with van der Waals surface area (Å²) in [6, 6.07) is 21.2. The number of carbonyl (C=O) groups is 1. The zero-order chi connectivity index (χ0) is 22.9. The molecule has 6 nitrogen and oxygen atoms in total. The minimum absolute atomic E-state index is 0.00122. The van der Waals surface area contributed by atoms with Crippen LogP contribution >= 0.6 is 0 Å². The number of methoxy groups -OCH3 is 1. The largest absolute Gasteiger partial charge is 0.497 e. The molecule has 2 heterocycles. The molecular weight excluding hydrogens is 420 g/mol. The van der Waals surface area contributed by atoms with Crippen molar-refractivity contribution < 1.29 is 23.1 Å². The second-order valence-corrected chi connectivity index (χ2v) is 7.54. The van der Waals surface area contributed by atoms with E-state index in [1.54, 1.807) is 55.6 Å². The average molecular weight is 440 g/mol. The van der Waals surface area contributed by atoms with Crippen LogP contribution in [0.25, 0.3) is 33.3 Å². The van der Waals surface area contributed by atoms with Crippen molar-refractivity contribution in [1.82, 2.24) is 0 Å². The summed E-state index contributed by atoms with van der Waals surface area (Å²) < 4.78 is 22.5. The number of hydrogen-bond acceptors (Lipinski definition) is 6. The highest BCUT2D eigenvalue weighted by Gasteiger charge is 2.23. The standard InChI is InChI=1S/C27H20O6/c1-3-16-8-13-22-20(14-16)24(28)26(25(32-22)17-9-11-19(30-2)12-10-17)33-27(29)23-15-18-6-4-5-7-21(18)31-23/h4-15H,3H2,1-2H3. The molecule has 0 atom stereocenters. The minimum atomic E-state index is -0.778. The van der Waals surface area contributed by atoms with E-state index < -0.39 is 11.4 Å². The molecule has 0 unspecified atom stereocenters. The zero-order valence-corrected chi connectivity index (χ0v) is 18.1. The zero-order valence-electron chi connectivity index (χ0n) is 18.1. The van der Waals surface area contributed by atoms with Gasteiger partial charge in [-0.2, -0.15) is 0 Å². The van der Waals surface area contributed by atoms with Crippen molar-refractivity contribution in [3.63, 3.8) is 0 Å². The summed E-state index contributed by atoms with van der Waals surface area (Å²) >= 11 is 0. The van der Waals surface area contributed by atoms with Gasteiger partial charge in [-0.3, -0.25) is 4.79 Å². The number of fused-ring (bicyclic) bond motifs is 2. The third kappa shape index (κ3) is 3.76. The molecule has 0 saturated carbocycles. The van der Waals surface area contributed by atoms with Crippen LogP contribution in [0.15, 0.2) is 86.4 Å². The van der Waals surface area contributed by atoms with E-state index in [1.807, 2.05) is 31.2 Å². The van der Waals surface area contributed by atoms with E-state index in [1.165, 1.54) is 0 Å². The molecule has 33 heavy (non-hydrogen) atoms. The fraction of sp³-hybridized carbons (Fsp3) is 0.111. The second-order valence-electron chi connectivity index (χ2n) is 7.54. The first-order valence-corrected chi connectivity index (χ1v) is 10.5. The first-order chi connectivity index (χ1) is 16.1. The van der Waals surface area contributed by atoms with E-state index in [4.69, 9.17) is 18.3 Å². The van der Waals surface area contributed by atoms with Crippen molar-refractivity contribution >= 4 is 27.9 Å². The monoisotopic (exact) mass is 440 g/mol. The molecular formula is C27H20O6. The van der Waals surface area contributed by atoms with Crippen LogP contribution in [0.5, 0.6) is 11.5 Å². The highest BCUT2D eigenvalue weighted by molar-refractivity contribution is 5.95. The quantitative estimate of drug-likeness (QED) is 0.312. The van der Waals surface area contributed by atoms with Gasteiger partial charge in [0.2, 0.25) is 16.9 Å². The summed E-state index contributed by atoms with van der Waals surface area (Å²) in [5.41, 5.74) is 2.08. The van der Waals surface area contributed by atoms with E-state index in [0.29, 0.717) is 27.9 Å². The summed E-state index contributed by atoms with van der Waals surface area (Å²) in [7, 11) is 1.57.